The summed E-state index contributed by atoms with van der Waals surface area (Å²) in [6.07, 6.45) is -2.86. The van der Waals surface area contributed by atoms with Gasteiger partial charge < -0.3 is 0 Å². The molecule has 1 aromatic carbocycles. The van der Waals surface area contributed by atoms with Crippen molar-refractivity contribution >= 4 is 37.6 Å². The van der Waals surface area contributed by atoms with Crippen molar-refractivity contribution in [1.29, 1.82) is 0 Å². The highest BCUT2D eigenvalue weighted by Crippen LogP contribution is 2.23. The lowest BCUT2D eigenvalue weighted by Crippen LogP contribution is -2.37. The number of sulfonamides is 1. The second-order valence-corrected chi connectivity index (χ2v) is 6.72. The molecule has 3 nitrogen and oxygen atoms in total. The standard InChI is InChI=1S/C10H10BrClF3NO2S/c11-7-1-2-9(8(13)5-7)19(17,18)16(4-3-12)6-10(14)15/h1-2,5,10H,3-4,6H2. The molecule has 0 atom stereocenters. The summed E-state index contributed by atoms with van der Waals surface area (Å²) >= 11 is 8.37. The summed E-state index contributed by atoms with van der Waals surface area (Å²) in [5.41, 5.74) is 0. The first-order valence-corrected chi connectivity index (χ1v) is 7.85. The summed E-state index contributed by atoms with van der Waals surface area (Å²) in [5.74, 6) is -1.17. The van der Waals surface area contributed by atoms with Crippen molar-refractivity contribution in [2.24, 2.45) is 0 Å². The largest absolute Gasteiger partial charge is 0.252 e. The fraction of sp³-hybridized carbons (Fsp3) is 0.400. The van der Waals surface area contributed by atoms with Crippen LogP contribution in [0.5, 0.6) is 0 Å². The van der Waals surface area contributed by atoms with Crippen LogP contribution in [-0.2, 0) is 10.0 Å². The van der Waals surface area contributed by atoms with Crippen LogP contribution < -0.4 is 0 Å². The van der Waals surface area contributed by atoms with Crippen LogP contribution in [0, 0.1) is 5.82 Å². The smallest absolute Gasteiger partial charge is 0.209 e. The van der Waals surface area contributed by atoms with Gasteiger partial charge >= 0.3 is 0 Å². The van der Waals surface area contributed by atoms with Gasteiger partial charge in [0.1, 0.15) is 10.7 Å². The Labute approximate surface area is 122 Å². The molecule has 0 heterocycles. The van der Waals surface area contributed by atoms with Crippen LogP contribution in [0.4, 0.5) is 13.2 Å². The Morgan fingerprint density at radius 2 is 2.00 bits per heavy atom. The van der Waals surface area contributed by atoms with Crippen LogP contribution in [-0.4, -0.2) is 38.1 Å². The quantitative estimate of drug-likeness (QED) is 0.711. The first kappa shape index (κ1) is 16.7. The van der Waals surface area contributed by atoms with E-state index in [1.165, 1.54) is 6.07 Å². The monoisotopic (exact) mass is 379 g/mol. The molecule has 0 saturated heterocycles. The molecular weight excluding hydrogens is 371 g/mol. The summed E-state index contributed by atoms with van der Waals surface area (Å²) in [6, 6.07) is 3.28. The summed E-state index contributed by atoms with van der Waals surface area (Å²) < 4.78 is 63.3. The van der Waals surface area contributed by atoms with Gasteiger partial charge in [0.2, 0.25) is 10.0 Å². The van der Waals surface area contributed by atoms with E-state index in [9.17, 15) is 21.6 Å². The lowest BCUT2D eigenvalue weighted by molar-refractivity contribution is 0.121. The molecule has 0 N–H and O–H groups in total. The zero-order valence-electron chi connectivity index (χ0n) is 9.49. The highest BCUT2D eigenvalue weighted by Gasteiger charge is 2.29. The average Bonchev–Trinajstić information content (AvgIpc) is 2.27. The van der Waals surface area contributed by atoms with Gasteiger partial charge in [0.15, 0.2) is 0 Å². The predicted octanol–water partition coefficient (Wildman–Crippen LogP) is 3.08. The number of hydrogen-bond donors (Lipinski definition) is 0. The zero-order valence-corrected chi connectivity index (χ0v) is 12.7. The number of rotatable bonds is 6. The summed E-state index contributed by atoms with van der Waals surface area (Å²) in [5, 5.41) is 0. The van der Waals surface area contributed by atoms with Crippen molar-refractivity contribution in [3.8, 4) is 0 Å². The topological polar surface area (TPSA) is 37.4 Å². The maximum absolute atomic E-state index is 13.6. The lowest BCUT2D eigenvalue weighted by Gasteiger charge is -2.21. The van der Waals surface area contributed by atoms with Crippen molar-refractivity contribution in [3.05, 3.63) is 28.5 Å². The molecule has 0 aliphatic heterocycles. The molecule has 0 aromatic heterocycles. The Kier molecular flexibility index (Phi) is 6.10. The van der Waals surface area contributed by atoms with Gasteiger partial charge in [-0.2, -0.15) is 4.31 Å². The van der Waals surface area contributed by atoms with Gasteiger partial charge in [-0.05, 0) is 18.2 Å². The maximum Gasteiger partial charge on any atom is 0.252 e. The second-order valence-electron chi connectivity index (χ2n) is 3.52. The van der Waals surface area contributed by atoms with E-state index in [4.69, 9.17) is 11.6 Å². The summed E-state index contributed by atoms with van der Waals surface area (Å²) in [6.45, 7) is -1.34. The molecule has 0 aliphatic rings. The minimum Gasteiger partial charge on any atom is -0.209 e. The number of benzene rings is 1. The maximum atomic E-state index is 13.6. The van der Waals surface area contributed by atoms with Gasteiger partial charge in [0.25, 0.3) is 6.43 Å². The van der Waals surface area contributed by atoms with E-state index in [2.05, 4.69) is 15.9 Å². The normalized spacial score (nSPS) is 12.4. The fourth-order valence-corrected chi connectivity index (χ4v) is 3.48. The van der Waals surface area contributed by atoms with Gasteiger partial charge in [-0.3, -0.25) is 0 Å². The van der Waals surface area contributed by atoms with Crippen LogP contribution in [0.1, 0.15) is 0 Å². The molecule has 0 radical (unpaired) electrons. The van der Waals surface area contributed by atoms with Crippen LogP contribution in [0.2, 0.25) is 0 Å². The average molecular weight is 381 g/mol. The molecule has 0 fully saturated rings. The van der Waals surface area contributed by atoms with Crippen LogP contribution >= 0.6 is 27.5 Å². The molecule has 1 rings (SSSR count). The molecule has 0 saturated carbocycles. The van der Waals surface area contributed by atoms with Crippen molar-refractivity contribution in [1.82, 2.24) is 4.31 Å². The summed E-state index contributed by atoms with van der Waals surface area (Å²) in [7, 11) is -4.33. The van der Waals surface area contributed by atoms with E-state index in [1.54, 1.807) is 0 Å². The summed E-state index contributed by atoms with van der Waals surface area (Å²) in [4.78, 5) is -0.651. The van der Waals surface area contributed by atoms with Crippen molar-refractivity contribution in [3.63, 3.8) is 0 Å². The zero-order chi connectivity index (χ0) is 14.6. The Balaban J connectivity index is 3.18. The number of alkyl halides is 3. The predicted molar refractivity (Wildman–Crippen MR) is 69.6 cm³/mol. The van der Waals surface area contributed by atoms with E-state index in [-0.39, 0.29) is 12.4 Å². The third-order valence-corrected chi connectivity index (χ3v) is 4.75. The van der Waals surface area contributed by atoms with Crippen molar-refractivity contribution in [2.75, 3.05) is 19.0 Å². The first-order valence-electron chi connectivity index (χ1n) is 5.08. The van der Waals surface area contributed by atoms with Gasteiger partial charge in [0, 0.05) is 16.9 Å². The molecule has 1 aromatic rings. The van der Waals surface area contributed by atoms with E-state index in [0.717, 1.165) is 12.1 Å². The van der Waals surface area contributed by atoms with E-state index >= 15 is 0 Å². The number of halogens is 5. The van der Waals surface area contributed by atoms with E-state index < -0.39 is 33.7 Å². The molecule has 0 spiro atoms. The van der Waals surface area contributed by atoms with Crippen molar-refractivity contribution < 1.29 is 21.6 Å². The van der Waals surface area contributed by atoms with Crippen molar-refractivity contribution in [2.45, 2.75) is 11.3 Å². The number of hydrogen-bond acceptors (Lipinski definition) is 2. The Bertz CT molecular complexity index is 542. The van der Waals surface area contributed by atoms with Gasteiger partial charge in [-0.1, -0.05) is 15.9 Å². The second kappa shape index (κ2) is 6.92. The molecule has 0 bridgehead atoms. The van der Waals surface area contributed by atoms with E-state index in [0.29, 0.717) is 8.78 Å². The third kappa shape index (κ3) is 4.34. The lowest BCUT2D eigenvalue weighted by atomic mass is 10.3. The molecule has 0 amide bonds. The molecular formula is C10H10BrClF3NO2S. The molecule has 108 valence electrons. The highest BCUT2D eigenvalue weighted by atomic mass is 79.9. The molecule has 19 heavy (non-hydrogen) atoms. The van der Waals surface area contributed by atoms with Crippen LogP contribution in [0.15, 0.2) is 27.6 Å². The van der Waals surface area contributed by atoms with E-state index in [1.807, 2.05) is 0 Å². The Morgan fingerprint density at radius 3 is 2.47 bits per heavy atom. The SMILES string of the molecule is O=S(=O)(c1ccc(Br)cc1F)N(CCCl)CC(F)F. The highest BCUT2D eigenvalue weighted by molar-refractivity contribution is 9.10. The van der Waals surface area contributed by atoms with Gasteiger partial charge in [-0.25, -0.2) is 21.6 Å². The molecule has 0 aliphatic carbocycles. The Morgan fingerprint density at radius 1 is 1.37 bits per heavy atom. The third-order valence-electron chi connectivity index (χ3n) is 2.19. The van der Waals surface area contributed by atoms with Gasteiger partial charge in [-0.15, -0.1) is 11.6 Å². The van der Waals surface area contributed by atoms with Crippen LogP contribution in [0.25, 0.3) is 0 Å². The minimum absolute atomic E-state index is 0.163. The molecule has 9 heteroatoms. The molecule has 0 unspecified atom stereocenters. The minimum atomic E-state index is -4.33. The van der Waals surface area contributed by atoms with Crippen LogP contribution in [0.3, 0.4) is 0 Å². The van der Waals surface area contributed by atoms with Gasteiger partial charge in [0.05, 0.1) is 6.54 Å². The first-order chi connectivity index (χ1) is 8.78. The fourth-order valence-electron chi connectivity index (χ4n) is 1.38. The Hall–Kier alpha value is -0.310. The number of nitrogens with zero attached hydrogens (tertiary/aromatic N) is 1.